The molecule has 2 aromatic rings. The van der Waals surface area contributed by atoms with Crippen LogP contribution in [0.15, 0.2) is 48.5 Å². The van der Waals surface area contributed by atoms with E-state index in [2.05, 4.69) is 6.92 Å². The molecule has 0 unspecified atom stereocenters. The summed E-state index contributed by atoms with van der Waals surface area (Å²) in [6.45, 7) is 3.25. The lowest BCUT2D eigenvalue weighted by Gasteiger charge is -2.44. The Bertz CT molecular complexity index is 956. The maximum Gasteiger partial charge on any atom is 0.250 e. The molecule has 2 amide bonds. The normalized spacial score (nSPS) is 19.8. The molecule has 4 rings (SSSR count). The fourth-order valence-corrected chi connectivity index (χ4v) is 5.04. The highest BCUT2D eigenvalue weighted by Gasteiger charge is 2.43. The van der Waals surface area contributed by atoms with E-state index in [-0.39, 0.29) is 24.4 Å². The summed E-state index contributed by atoms with van der Waals surface area (Å²) in [5.41, 5.74) is 1.65. The summed E-state index contributed by atoms with van der Waals surface area (Å²) in [6.07, 6.45) is 7.44. The van der Waals surface area contributed by atoms with Gasteiger partial charge in [0, 0.05) is 17.6 Å². The third-order valence-corrected chi connectivity index (χ3v) is 7.10. The molecule has 0 bridgehead atoms. The van der Waals surface area contributed by atoms with Crippen molar-refractivity contribution in [2.75, 3.05) is 13.2 Å². The Kier molecular flexibility index (Phi) is 7.92. The lowest BCUT2D eigenvalue weighted by atomic mass is 9.91. The summed E-state index contributed by atoms with van der Waals surface area (Å²) in [6, 6.07) is 14.6. The zero-order valence-electron chi connectivity index (χ0n) is 19.3. The van der Waals surface area contributed by atoms with E-state index in [1.807, 2.05) is 53.4 Å². The number of benzene rings is 2. The molecule has 2 aromatic carbocycles. The van der Waals surface area contributed by atoms with Crippen molar-refractivity contribution in [2.45, 2.75) is 70.5 Å². The molecule has 2 aliphatic rings. The van der Waals surface area contributed by atoms with Crippen LogP contribution in [0, 0.1) is 0 Å². The van der Waals surface area contributed by atoms with Gasteiger partial charge in [0.1, 0.15) is 18.3 Å². The second kappa shape index (κ2) is 11.1. The molecule has 1 heterocycles. The van der Waals surface area contributed by atoms with Crippen molar-refractivity contribution >= 4 is 23.4 Å². The van der Waals surface area contributed by atoms with Crippen LogP contribution in [0.3, 0.4) is 0 Å². The summed E-state index contributed by atoms with van der Waals surface area (Å²) in [5.74, 6) is 0.755. The lowest BCUT2D eigenvalue weighted by Crippen LogP contribution is -2.58. The van der Waals surface area contributed by atoms with Gasteiger partial charge in [0.2, 0.25) is 5.91 Å². The van der Waals surface area contributed by atoms with Crippen LogP contribution in [-0.4, -0.2) is 40.8 Å². The van der Waals surface area contributed by atoms with Crippen LogP contribution in [0.4, 0.5) is 0 Å². The van der Waals surface area contributed by atoms with Gasteiger partial charge in [-0.25, -0.2) is 0 Å². The molecule has 33 heavy (non-hydrogen) atoms. The van der Waals surface area contributed by atoms with Crippen molar-refractivity contribution in [3.05, 3.63) is 64.7 Å². The SMILES string of the molecule is CCCCOc1ccc([C@@H]2C(=O)N(C3CCCCC3)CC(=O)N2Cc2ccccc2Cl)cc1. The Labute approximate surface area is 201 Å². The van der Waals surface area contributed by atoms with Gasteiger partial charge < -0.3 is 14.5 Å². The number of halogens is 1. The van der Waals surface area contributed by atoms with E-state index >= 15 is 0 Å². The van der Waals surface area contributed by atoms with Gasteiger partial charge in [0.25, 0.3) is 5.91 Å². The molecular weight excluding hydrogens is 436 g/mol. The lowest BCUT2D eigenvalue weighted by molar-refractivity contribution is -0.160. The summed E-state index contributed by atoms with van der Waals surface area (Å²) >= 11 is 6.40. The summed E-state index contributed by atoms with van der Waals surface area (Å²) < 4.78 is 5.80. The molecule has 1 aliphatic heterocycles. The molecule has 1 aliphatic carbocycles. The number of carbonyl (C=O) groups is 2. The predicted molar refractivity (Wildman–Crippen MR) is 130 cm³/mol. The Morgan fingerprint density at radius 3 is 2.42 bits per heavy atom. The van der Waals surface area contributed by atoms with Crippen LogP contribution in [0.2, 0.25) is 5.02 Å². The number of rotatable bonds is 8. The van der Waals surface area contributed by atoms with Crippen molar-refractivity contribution in [1.29, 1.82) is 0 Å². The number of hydrogen-bond acceptors (Lipinski definition) is 3. The third kappa shape index (κ3) is 5.52. The van der Waals surface area contributed by atoms with Crippen LogP contribution in [0.1, 0.15) is 69.0 Å². The molecule has 0 spiro atoms. The molecule has 5 nitrogen and oxygen atoms in total. The number of ether oxygens (including phenoxy) is 1. The van der Waals surface area contributed by atoms with Crippen LogP contribution in [-0.2, 0) is 16.1 Å². The van der Waals surface area contributed by atoms with Crippen LogP contribution in [0.25, 0.3) is 0 Å². The number of hydrogen-bond donors (Lipinski definition) is 0. The quantitative estimate of drug-likeness (QED) is 0.462. The first-order valence-corrected chi connectivity index (χ1v) is 12.5. The van der Waals surface area contributed by atoms with E-state index in [9.17, 15) is 9.59 Å². The maximum absolute atomic E-state index is 13.8. The van der Waals surface area contributed by atoms with Crippen LogP contribution < -0.4 is 4.74 Å². The highest BCUT2D eigenvalue weighted by atomic mass is 35.5. The Morgan fingerprint density at radius 2 is 1.73 bits per heavy atom. The van der Waals surface area contributed by atoms with Gasteiger partial charge in [-0.1, -0.05) is 74.5 Å². The van der Waals surface area contributed by atoms with E-state index in [1.54, 1.807) is 4.90 Å². The molecule has 0 radical (unpaired) electrons. The topological polar surface area (TPSA) is 49.9 Å². The van der Waals surface area contributed by atoms with E-state index in [0.29, 0.717) is 18.2 Å². The fraction of sp³-hybridized carbons (Fsp3) is 0.481. The zero-order valence-corrected chi connectivity index (χ0v) is 20.1. The van der Waals surface area contributed by atoms with Gasteiger partial charge >= 0.3 is 0 Å². The highest BCUT2D eigenvalue weighted by molar-refractivity contribution is 6.31. The summed E-state index contributed by atoms with van der Waals surface area (Å²) in [5, 5.41) is 0.603. The first-order valence-electron chi connectivity index (χ1n) is 12.1. The molecule has 1 saturated heterocycles. The fourth-order valence-electron chi connectivity index (χ4n) is 4.84. The van der Waals surface area contributed by atoms with Crippen molar-refractivity contribution in [2.24, 2.45) is 0 Å². The minimum atomic E-state index is -0.658. The number of piperazine rings is 1. The number of amides is 2. The summed E-state index contributed by atoms with van der Waals surface area (Å²) in [7, 11) is 0. The van der Waals surface area contributed by atoms with Gasteiger partial charge in [-0.2, -0.15) is 0 Å². The Morgan fingerprint density at radius 1 is 1.00 bits per heavy atom. The predicted octanol–water partition coefficient (Wildman–Crippen LogP) is 5.76. The van der Waals surface area contributed by atoms with Crippen molar-refractivity contribution < 1.29 is 14.3 Å². The second-order valence-corrected chi connectivity index (χ2v) is 9.45. The number of carbonyl (C=O) groups excluding carboxylic acids is 2. The smallest absolute Gasteiger partial charge is 0.250 e. The molecule has 1 saturated carbocycles. The van der Waals surface area contributed by atoms with E-state index in [1.165, 1.54) is 6.42 Å². The molecule has 1 atom stereocenters. The molecule has 2 fully saturated rings. The maximum atomic E-state index is 13.8. The van der Waals surface area contributed by atoms with Gasteiger partial charge in [0.05, 0.1) is 6.61 Å². The minimum absolute atomic E-state index is 0.00760. The van der Waals surface area contributed by atoms with Crippen molar-refractivity contribution in [3.8, 4) is 5.75 Å². The molecule has 0 N–H and O–H groups in total. The van der Waals surface area contributed by atoms with E-state index in [4.69, 9.17) is 16.3 Å². The minimum Gasteiger partial charge on any atom is -0.494 e. The number of unbranched alkanes of at least 4 members (excludes halogenated alkanes) is 1. The monoisotopic (exact) mass is 468 g/mol. The standard InChI is InChI=1S/C27H33ClN2O3/c1-2-3-17-33-23-15-13-20(14-16-23)26-27(32)29(22-10-5-4-6-11-22)19-25(31)30(26)18-21-9-7-8-12-24(21)28/h7-9,12-16,22,26H,2-6,10-11,17-19H2,1H3/t26-/m1/s1. The van der Waals surface area contributed by atoms with Crippen LogP contribution >= 0.6 is 11.6 Å². The van der Waals surface area contributed by atoms with Gasteiger partial charge in [0.15, 0.2) is 0 Å². The third-order valence-electron chi connectivity index (χ3n) is 6.73. The second-order valence-electron chi connectivity index (χ2n) is 9.04. The molecule has 6 heteroatoms. The average Bonchev–Trinajstić information content (AvgIpc) is 2.84. The van der Waals surface area contributed by atoms with E-state index < -0.39 is 6.04 Å². The molecular formula is C27H33ClN2O3. The van der Waals surface area contributed by atoms with Crippen molar-refractivity contribution in [3.63, 3.8) is 0 Å². The van der Waals surface area contributed by atoms with Crippen molar-refractivity contribution in [1.82, 2.24) is 9.80 Å². The zero-order chi connectivity index (χ0) is 23.2. The Balaban J connectivity index is 1.62. The Hall–Kier alpha value is -2.53. The molecule has 176 valence electrons. The number of nitrogens with zero attached hydrogens (tertiary/aromatic N) is 2. The van der Waals surface area contributed by atoms with Gasteiger partial charge in [-0.05, 0) is 48.6 Å². The summed E-state index contributed by atoms with van der Waals surface area (Å²) in [4.78, 5) is 30.7. The first kappa shape index (κ1) is 23.6. The van der Waals surface area contributed by atoms with E-state index in [0.717, 1.165) is 55.4 Å². The largest absolute Gasteiger partial charge is 0.494 e. The van der Waals surface area contributed by atoms with Gasteiger partial charge in [-0.15, -0.1) is 0 Å². The first-order chi connectivity index (χ1) is 16.1. The highest BCUT2D eigenvalue weighted by Crippen LogP contribution is 2.34. The molecule has 0 aromatic heterocycles. The van der Waals surface area contributed by atoms with Gasteiger partial charge in [-0.3, -0.25) is 9.59 Å². The van der Waals surface area contributed by atoms with Crippen LogP contribution in [0.5, 0.6) is 5.75 Å². The average molecular weight is 469 g/mol.